The minimum Gasteiger partial charge on any atom is -0.462 e. The lowest BCUT2D eigenvalue weighted by Crippen LogP contribution is -2.16. The first-order valence-corrected chi connectivity index (χ1v) is 6.71. The van der Waals surface area contributed by atoms with Crippen molar-refractivity contribution in [3.63, 3.8) is 0 Å². The lowest BCUT2D eigenvalue weighted by molar-refractivity contribution is 0.0325. The van der Waals surface area contributed by atoms with Crippen molar-refractivity contribution < 1.29 is 23.8 Å². The monoisotopic (exact) mass is 280 g/mol. The van der Waals surface area contributed by atoms with Gasteiger partial charge in [-0.05, 0) is 25.5 Å². The number of esters is 2. The molecule has 0 saturated heterocycles. The Morgan fingerprint density at radius 1 is 0.900 bits per heavy atom. The first-order chi connectivity index (χ1) is 9.70. The number of ether oxygens (including phenoxy) is 3. The molecular formula is C15H20O5. The number of carbonyl (C=O) groups excluding carboxylic acids is 2. The van der Waals surface area contributed by atoms with Crippen molar-refractivity contribution in [3.05, 3.63) is 35.4 Å². The van der Waals surface area contributed by atoms with E-state index in [1.807, 2.05) is 13.8 Å². The molecule has 0 amide bonds. The quantitative estimate of drug-likeness (QED) is 0.540. The first kappa shape index (κ1) is 16.2. The van der Waals surface area contributed by atoms with E-state index in [4.69, 9.17) is 14.2 Å². The summed E-state index contributed by atoms with van der Waals surface area (Å²) in [5.74, 6) is -1.06. The summed E-state index contributed by atoms with van der Waals surface area (Å²) < 4.78 is 15.2. The highest BCUT2D eigenvalue weighted by molar-refractivity contribution is 6.03. The van der Waals surface area contributed by atoms with Gasteiger partial charge in [0.2, 0.25) is 0 Å². The molecule has 0 aliphatic rings. The molecule has 1 rings (SSSR count). The van der Waals surface area contributed by atoms with E-state index in [2.05, 4.69) is 0 Å². The van der Waals surface area contributed by atoms with Crippen molar-refractivity contribution >= 4 is 11.9 Å². The van der Waals surface area contributed by atoms with E-state index in [0.717, 1.165) is 6.42 Å². The molecule has 5 nitrogen and oxygen atoms in total. The Labute approximate surface area is 118 Å². The van der Waals surface area contributed by atoms with Crippen LogP contribution in [0.2, 0.25) is 0 Å². The van der Waals surface area contributed by atoms with Crippen molar-refractivity contribution in [1.29, 1.82) is 0 Å². The van der Waals surface area contributed by atoms with Crippen LogP contribution in [0.1, 0.15) is 41.0 Å². The molecule has 0 aromatic heterocycles. The number of carbonyl (C=O) groups is 2. The van der Waals surface area contributed by atoms with Gasteiger partial charge < -0.3 is 14.2 Å². The van der Waals surface area contributed by atoms with Crippen LogP contribution in [0.15, 0.2) is 24.3 Å². The van der Waals surface area contributed by atoms with Crippen molar-refractivity contribution in [2.24, 2.45) is 0 Å². The summed E-state index contributed by atoms with van der Waals surface area (Å²) in [7, 11) is 0. The van der Waals surface area contributed by atoms with Gasteiger partial charge in [-0.3, -0.25) is 0 Å². The van der Waals surface area contributed by atoms with E-state index >= 15 is 0 Å². The molecule has 0 heterocycles. The smallest absolute Gasteiger partial charge is 0.339 e. The topological polar surface area (TPSA) is 61.8 Å². The highest BCUT2D eigenvalue weighted by Crippen LogP contribution is 2.12. The minimum absolute atomic E-state index is 0.158. The predicted molar refractivity (Wildman–Crippen MR) is 73.8 cm³/mol. The summed E-state index contributed by atoms with van der Waals surface area (Å²) in [6, 6.07) is 6.46. The van der Waals surface area contributed by atoms with E-state index in [1.54, 1.807) is 24.3 Å². The molecule has 0 N–H and O–H groups in total. The van der Waals surface area contributed by atoms with Crippen molar-refractivity contribution in [3.8, 4) is 0 Å². The van der Waals surface area contributed by atoms with E-state index in [1.165, 1.54) is 0 Å². The lowest BCUT2D eigenvalue weighted by atomic mass is 10.1. The van der Waals surface area contributed by atoms with Gasteiger partial charge in [-0.2, -0.15) is 0 Å². The van der Waals surface area contributed by atoms with Crippen LogP contribution < -0.4 is 0 Å². The van der Waals surface area contributed by atoms with Gasteiger partial charge in [0.1, 0.15) is 6.61 Å². The normalized spacial score (nSPS) is 10.1. The molecule has 0 saturated carbocycles. The maximum Gasteiger partial charge on any atom is 0.339 e. The zero-order valence-electron chi connectivity index (χ0n) is 11.9. The summed E-state index contributed by atoms with van der Waals surface area (Å²) >= 11 is 0. The molecule has 1 aromatic rings. The molecule has 110 valence electrons. The third kappa shape index (κ3) is 5.01. The van der Waals surface area contributed by atoms with E-state index in [0.29, 0.717) is 19.8 Å². The fourth-order valence-electron chi connectivity index (χ4n) is 1.53. The van der Waals surface area contributed by atoms with Crippen molar-refractivity contribution in [2.75, 3.05) is 26.4 Å². The van der Waals surface area contributed by atoms with Gasteiger partial charge >= 0.3 is 11.9 Å². The largest absolute Gasteiger partial charge is 0.462 e. The highest BCUT2D eigenvalue weighted by Gasteiger charge is 2.18. The fourth-order valence-corrected chi connectivity index (χ4v) is 1.53. The molecule has 0 spiro atoms. The second kappa shape index (κ2) is 9.09. The van der Waals surface area contributed by atoms with Crippen LogP contribution in [-0.2, 0) is 14.2 Å². The molecule has 0 unspecified atom stereocenters. The maximum atomic E-state index is 11.9. The van der Waals surface area contributed by atoms with Gasteiger partial charge in [0.15, 0.2) is 0 Å². The lowest BCUT2D eigenvalue weighted by Gasteiger charge is -2.09. The van der Waals surface area contributed by atoms with Gasteiger partial charge in [0.05, 0.1) is 24.3 Å². The average molecular weight is 280 g/mol. The Kier molecular flexibility index (Phi) is 7.35. The van der Waals surface area contributed by atoms with Crippen molar-refractivity contribution in [1.82, 2.24) is 0 Å². The van der Waals surface area contributed by atoms with Crippen LogP contribution in [0.4, 0.5) is 0 Å². The van der Waals surface area contributed by atoms with Crippen LogP contribution in [0, 0.1) is 0 Å². The van der Waals surface area contributed by atoms with Crippen LogP contribution in [-0.4, -0.2) is 38.4 Å². The molecule has 20 heavy (non-hydrogen) atoms. The van der Waals surface area contributed by atoms with Gasteiger partial charge in [0.25, 0.3) is 0 Å². The summed E-state index contributed by atoms with van der Waals surface area (Å²) in [4.78, 5) is 23.8. The third-order valence-electron chi connectivity index (χ3n) is 2.47. The predicted octanol–water partition coefficient (Wildman–Crippen LogP) is 2.45. The number of hydrogen-bond acceptors (Lipinski definition) is 5. The van der Waals surface area contributed by atoms with Crippen molar-refractivity contribution in [2.45, 2.75) is 20.3 Å². The molecule has 0 aliphatic carbocycles. The molecule has 0 aliphatic heterocycles. The second-order valence-electron chi connectivity index (χ2n) is 4.01. The Morgan fingerprint density at radius 3 is 1.95 bits per heavy atom. The Morgan fingerprint density at radius 2 is 1.45 bits per heavy atom. The second-order valence-corrected chi connectivity index (χ2v) is 4.01. The molecular weight excluding hydrogens is 260 g/mol. The van der Waals surface area contributed by atoms with Gasteiger partial charge in [-0.1, -0.05) is 19.1 Å². The molecule has 0 atom stereocenters. The summed E-state index contributed by atoms with van der Waals surface area (Å²) in [5, 5.41) is 0. The molecule has 5 heteroatoms. The summed E-state index contributed by atoms with van der Waals surface area (Å²) in [6.07, 6.45) is 0.729. The van der Waals surface area contributed by atoms with Crippen LogP contribution in [0.5, 0.6) is 0 Å². The Hall–Kier alpha value is -1.88. The van der Waals surface area contributed by atoms with E-state index in [9.17, 15) is 9.59 Å². The Balaban J connectivity index is 2.69. The maximum absolute atomic E-state index is 11.9. The Bertz CT molecular complexity index is 442. The summed E-state index contributed by atoms with van der Waals surface area (Å²) in [6.45, 7) is 5.15. The van der Waals surface area contributed by atoms with E-state index < -0.39 is 11.9 Å². The minimum atomic E-state index is -0.547. The molecule has 0 radical (unpaired) electrons. The standard InChI is InChI=1S/C15H20O5/c1-3-9-19-14(16)12-7-5-6-8-13(12)15(17)20-11-10-18-4-2/h5-8H,3-4,9-11H2,1-2H3. The zero-order valence-corrected chi connectivity index (χ0v) is 11.9. The fraction of sp³-hybridized carbons (Fsp3) is 0.467. The molecule has 1 aromatic carbocycles. The zero-order chi connectivity index (χ0) is 14.8. The third-order valence-corrected chi connectivity index (χ3v) is 2.47. The van der Waals surface area contributed by atoms with Crippen LogP contribution >= 0.6 is 0 Å². The van der Waals surface area contributed by atoms with E-state index in [-0.39, 0.29) is 17.7 Å². The molecule has 0 bridgehead atoms. The first-order valence-electron chi connectivity index (χ1n) is 6.71. The van der Waals surface area contributed by atoms with Crippen LogP contribution in [0.25, 0.3) is 0 Å². The van der Waals surface area contributed by atoms with Gasteiger partial charge in [0, 0.05) is 6.61 Å². The average Bonchev–Trinajstić information content (AvgIpc) is 2.49. The van der Waals surface area contributed by atoms with Crippen LogP contribution in [0.3, 0.4) is 0 Å². The summed E-state index contributed by atoms with van der Waals surface area (Å²) in [5.41, 5.74) is 0.437. The number of benzene rings is 1. The SMILES string of the molecule is CCCOC(=O)c1ccccc1C(=O)OCCOCC. The van der Waals surface area contributed by atoms with Gasteiger partial charge in [-0.25, -0.2) is 9.59 Å². The number of rotatable bonds is 8. The molecule has 0 fully saturated rings. The highest BCUT2D eigenvalue weighted by atomic mass is 16.6. The number of hydrogen-bond donors (Lipinski definition) is 0. The van der Waals surface area contributed by atoms with Gasteiger partial charge in [-0.15, -0.1) is 0 Å².